The molecule has 0 spiro atoms. The van der Waals surface area contributed by atoms with E-state index in [0.29, 0.717) is 13.2 Å². The lowest BCUT2D eigenvalue weighted by molar-refractivity contribution is -0.142. The van der Waals surface area contributed by atoms with Gasteiger partial charge < -0.3 is 19.6 Å². The average molecular weight is 302 g/mol. The molecule has 114 valence electrons. The number of carbonyl (C=O) groups is 2. The minimum Gasteiger partial charge on any atom is -0.481 e. The normalized spacial score (nSPS) is 26.6. The number of thioether (sulfide) groups is 1. The molecule has 0 radical (unpaired) electrons. The van der Waals surface area contributed by atoms with Crippen molar-refractivity contribution in [2.75, 3.05) is 44.4 Å². The third-order valence-corrected chi connectivity index (χ3v) is 4.70. The number of amides is 2. The summed E-state index contributed by atoms with van der Waals surface area (Å²) in [5, 5.41) is 9.26. The largest absolute Gasteiger partial charge is 0.481 e. The molecule has 2 aliphatic heterocycles. The summed E-state index contributed by atoms with van der Waals surface area (Å²) in [5.74, 6) is 0.421. The van der Waals surface area contributed by atoms with Crippen LogP contribution in [0.4, 0.5) is 4.79 Å². The fourth-order valence-corrected chi connectivity index (χ4v) is 3.57. The molecule has 0 aromatic heterocycles. The molecular weight excluding hydrogens is 280 g/mol. The van der Waals surface area contributed by atoms with Gasteiger partial charge in [-0.2, -0.15) is 11.8 Å². The molecule has 6 nitrogen and oxygen atoms in total. The van der Waals surface area contributed by atoms with Crippen LogP contribution in [-0.4, -0.2) is 77.3 Å². The summed E-state index contributed by atoms with van der Waals surface area (Å²) in [6.45, 7) is 4.59. The van der Waals surface area contributed by atoms with Crippen LogP contribution in [0.5, 0.6) is 0 Å². The highest BCUT2D eigenvalue weighted by Gasteiger charge is 2.41. The predicted octanol–water partition coefficient (Wildman–Crippen LogP) is 0.967. The van der Waals surface area contributed by atoms with E-state index in [9.17, 15) is 14.7 Å². The highest BCUT2D eigenvalue weighted by atomic mass is 32.2. The molecule has 2 amide bonds. The second-order valence-corrected chi connectivity index (χ2v) is 6.35. The van der Waals surface area contributed by atoms with Gasteiger partial charge in [0.15, 0.2) is 0 Å². The number of carboxylic acid groups (broad SMARTS) is 1. The zero-order chi connectivity index (χ0) is 14.5. The summed E-state index contributed by atoms with van der Waals surface area (Å²) in [6, 6.07) is -0.372. The van der Waals surface area contributed by atoms with E-state index < -0.39 is 11.9 Å². The third kappa shape index (κ3) is 3.38. The van der Waals surface area contributed by atoms with Crippen LogP contribution in [0.3, 0.4) is 0 Å². The molecule has 0 aromatic rings. The molecule has 20 heavy (non-hydrogen) atoms. The SMILES string of the molecule is CCCN(C(=O)N1CCSCC1)C1COCC1C(=O)O. The van der Waals surface area contributed by atoms with Gasteiger partial charge >= 0.3 is 12.0 Å². The molecule has 0 bridgehead atoms. The first kappa shape index (κ1) is 15.4. The Morgan fingerprint density at radius 1 is 1.35 bits per heavy atom. The van der Waals surface area contributed by atoms with Crippen LogP contribution in [-0.2, 0) is 9.53 Å². The number of nitrogens with zero attached hydrogens (tertiary/aromatic N) is 2. The Kier molecular flexibility index (Phi) is 5.54. The Hall–Kier alpha value is -0.950. The zero-order valence-electron chi connectivity index (χ0n) is 11.8. The molecule has 2 atom stereocenters. The van der Waals surface area contributed by atoms with Crippen molar-refractivity contribution < 1.29 is 19.4 Å². The molecule has 2 saturated heterocycles. The number of carbonyl (C=O) groups excluding carboxylic acids is 1. The van der Waals surface area contributed by atoms with Crippen LogP contribution in [0, 0.1) is 5.92 Å². The molecule has 2 unspecified atom stereocenters. The number of ether oxygens (including phenoxy) is 1. The minimum absolute atomic E-state index is 0.0334. The smallest absolute Gasteiger partial charge is 0.320 e. The van der Waals surface area contributed by atoms with Gasteiger partial charge in [0.25, 0.3) is 0 Å². The maximum atomic E-state index is 12.6. The Morgan fingerprint density at radius 3 is 2.65 bits per heavy atom. The van der Waals surface area contributed by atoms with Crippen LogP contribution in [0.1, 0.15) is 13.3 Å². The Balaban J connectivity index is 2.08. The van der Waals surface area contributed by atoms with Crippen molar-refractivity contribution in [3.63, 3.8) is 0 Å². The van der Waals surface area contributed by atoms with Gasteiger partial charge in [-0.25, -0.2) is 4.79 Å². The highest BCUT2D eigenvalue weighted by molar-refractivity contribution is 7.99. The van der Waals surface area contributed by atoms with Crippen molar-refractivity contribution in [2.24, 2.45) is 5.92 Å². The summed E-state index contributed by atoms with van der Waals surface area (Å²) < 4.78 is 5.30. The van der Waals surface area contributed by atoms with Gasteiger partial charge in [-0.3, -0.25) is 4.79 Å². The summed E-state index contributed by atoms with van der Waals surface area (Å²) in [7, 11) is 0. The van der Waals surface area contributed by atoms with Gasteiger partial charge in [0.2, 0.25) is 0 Å². The van der Waals surface area contributed by atoms with E-state index >= 15 is 0 Å². The number of hydrogen-bond donors (Lipinski definition) is 1. The molecular formula is C13H22N2O4S. The molecule has 1 N–H and O–H groups in total. The van der Waals surface area contributed by atoms with Crippen molar-refractivity contribution >= 4 is 23.8 Å². The number of urea groups is 1. The summed E-state index contributed by atoms with van der Waals surface area (Å²) in [5.41, 5.74) is 0. The first-order valence-corrected chi connectivity index (χ1v) is 8.24. The number of rotatable bonds is 4. The van der Waals surface area contributed by atoms with E-state index in [0.717, 1.165) is 31.0 Å². The van der Waals surface area contributed by atoms with E-state index in [4.69, 9.17) is 4.74 Å². The topological polar surface area (TPSA) is 70.1 Å². The van der Waals surface area contributed by atoms with Crippen LogP contribution < -0.4 is 0 Å². The molecule has 7 heteroatoms. The monoisotopic (exact) mass is 302 g/mol. The Morgan fingerprint density at radius 2 is 2.05 bits per heavy atom. The van der Waals surface area contributed by atoms with E-state index in [-0.39, 0.29) is 18.7 Å². The summed E-state index contributed by atoms with van der Waals surface area (Å²) >= 11 is 1.85. The fourth-order valence-electron chi connectivity index (χ4n) is 2.67. The molecule has 2 fully saturated rings. The maximum absolute atomic E-state index is 12.6. The summed E-state index contributed by atoms with van der Waals surface area (Å²) in [6.07, 6.45) is 0.817. The zero-order valence-corrected chi connectivity index (χ0v) is 12.6. The van der Waals surface area contributed by atoms with E-state index in [2.05, 4.69) is 0 Å². The van der Waals surface area contributed by atoms with Crippen molar-refractivity contribution in [1.82, 2.24) is 9.80 Å². The highest BCUT2D eigenvalue weighted by Crippen LogP contribution is 2.22. The van der Waals surface area contributed by atoms with Crippen molar-refractivity contribution in [2.45, 2.75) is 19.4 Å². The first-order chi connectivity index (χ1) is 9.65. The lowest BCUT2D eigenvalue weighted by Crippen LogP contribution is -2.53. The minimum atomic E-state index is -0.879. The van der Waals surface area contributed by atoms with Gasteiger partial charge in [0, 0.05) is 31.1 Å². The second kappa shape index (κ2) is 7.17. The summed E-state index contributed by atoms with van der Waals surface area (Å²) in [4.78, 5) is 27.5. The van der Waals surface area contributed by atoms with E-state index in [1.165, 1.54) is 0 Å². The predicted molar refractivity (Wildman–Crippen MR) is 77.0 cm³/mol. The Bertz CT molecular complexity index is 360. The third-order valence-electron chi connectivity index (χ3n) is 3.76. The first-order valence-electron chi connectivity index (χ1n) is 7.09. The maximum Gasteiger partial charge on any atom is 0.320 e. The lowest BCUT2D eigenvalue weighted by Gasteiger charge is -2.36. The number of carboxylic acids is 1. The molecule has 2 heterocycles. The quantitative estimate of drug-likeness (QED) is 0.838. The van der Waals surface area contributed by atoms with Gasteiger partial charge in [-0.1, -0.05) is 6.92 Å². The van der Waals surface area contributed by atoms with Crippen molar-refractivity contribution in [3.05, 3.63) is 0 Å². The molecule has 0 aliphatic carbocycles. The van der Waals surface area contributed by atoms with E-state index in [1.807, 2.05) is 23.6 Å². The van der Waals surface area contributed by atoms with Gasteiger partial charge in [-0.15, -0.1) is 0 Å². The molecule has 0 aromatic carbocycles. The van der Waals surface area contributed by atoms with Crippen LogP contribution in [0.15, 0.2) is 0 Å². The van der Waals surface area contributed by atoms with Gasteiger partial charge in [-0.05, 0) is 6.42 Å². The van der Waals surface area contributed by atoms with Gasteiger partial charge in [0.05, 0.1) is 19.3 Å². The van der Waals surface area contributed by atoms with Crippen molar-refractivity contribution in [3.8, 4) is 0 Å². The van der Waals surface area contributed by atoms with Crippen LogP contribution in [0.2, 0.25) is 0 Å². The van der Waals surface area contributed by atoms with E-state index in [1.54, 1.807) is 4.90 Å². The van der Waals surface area contributed by atoms with Crippen molar-refractivity contribution in [1.29, 1.82) is 0 Å². The molecule has 2 rings (SSSR count). The lowest BCUT2D eigenvalue weighted by atomic mass is 10.0. The van der Waals surface area contributed by atoms with Gasteiger partial charge in [0.1, 0.15) is 5.92 Å². The van der Waals surface area contributed by atoms with Crippen LogP contribution in [0.25, 0.3) is 0 Å². The number of aliphatic carboxylic acids is 1. The Labute approximate surface area is 123 Å². The standard InChI is InChI=1S/C13H22N2O4S/c1-2-3-15(11-9-19-8-10(11)12(16)17)13(18)14-4-6-20-7-5-14/h10-11H,2-9H2,1H3,(H,16,17). The fraction of sp³-hybridized carbons (Fsp3) is 0.846. The molecule has 2 aliphatic rings. The second-order valence-electron chi connectivity index (χ2n) is 5.12. The number of hydrogen-bond acceptors (Lipinski definition) is 4. The molecule has 0 saturated carbocycles. The average Bonchev–Trinajstić information content (AvgIpc) is 2.94. The van der Waals surface area contributed by atoms with Crippen LogP contribution >= 0.6 is 11.8 Å².